The van der Waals surface area contributed by atoms with E-state index in [1.165, 1.54) is 0 Å². The number of halogens is 20. The summed E-state index contributed by atoms with van der Waals surface area (Å²) in [5.74, 6) is -53.8. The van der Waals surface area contributed by atoms with E-state index in [0.717, 1.165) is 0 Å². The third-order valence-electron chi connectivity index (χ3n) is 4.51. The molecule has 0 aliphatic rings. The molecule has 238 valence electrons. The van der Waals surface area contributed by atoms with Gasteiger partial charge in [0.15, 0.2) is 0 Å². The van der Waals surface area contributed by atoms with Gasteiger partial charge < -0.3 is 9.47 Å². The van der Waals surface area contributed by atoms with Gasteiger partial charge in [0.25, 0.3) is 0 Å². The highest BCUT2D eigenvalue weighted by Crippen LogP contribution is 2.58. The fourth-order valence-electron chi connectivity index (χ4n) is 2.22. The topological polar surface area (TPSA) is 35.5 Å². The molecule has 0 aromatic heterocycles. The summed E-state index contributed by atoms with van der Waals surface area (Å²) in [5, 5.41) is 0. The summed E-state index contributed by atoms with van der Waals surface area (Å²) in [6.07, 6.45) is -21.5. The second kappa shape index (κ2) is 10.9. The minimum Gasteiger partial charge on any atom is -0.456 e. The van der Waals surface area contributed by atoms with Crippen LogP contribution in [-0.4, -0.2) is 79.1 Å². The Bertz CT molecular complexity index is 916. The van der Waals surface area contributed by atoms with E-state index >= 15 is 0 Å². The predicted molar refractivity (Wildman–Crippen MR) is 86.9 cm³/mol. The van der Waals surface area contributed by atoms with Crippen LogP contribution in [0.5, 0.6) is 0 Å². The fourth-order valence-corrected chi connectivity index (χ4v) is 2.22. The molecule has 0 heterocycles. The molecule has 0 aromatic rings. The van der Waals surface area contributed by atoms with Gasteiger partial charge in [-0.2, -0.15) is 87.8 Å². The standard InChI is InChI=1S/C17H12F20O3/c1-6(2)8(38)40-7(3-9(18,19)11(22,23)14(28,29)16(32,33)34)4-39-5-10(20,21)12(24,25)13(26,27)15(30,31)17(35,36)37/h7H,1,3-5H2,2H3. The second-order valence-corrected chi connectivity index (χ2v) is 7.80. The molecule has 0 amide bonds. The van der Waals surface area contributed by atoms with Gasteiger partial charge in [-0.3, -0.25) is 0 Å². The van der Waals surface area contributed by atoms with Crippen molar-refractivity contribution in [3.63, 3.8) is 0 Å². The van der Waals surface area contributed by atoms with Crippen molar-refractivity contribution in [1.82, 2.24) is 0 Å². The highest BCUT2D eigenvalue weighted by Gasteiger charge is 2.87. The number of hydrogen-bond acceptors (Lipinski definition) is 3. The van der Waals surface area contributed by atoms with Crippen molar-refractivity contribution in [2.45, 2.75) is 73.3 Å². The quantitative estimate of drug-likeness (QED) is 0.119. The number of hydrogen-bond donors (Lipinski definition) is 0. The van der Waals surface area contributed by atoms with Crippen molar-refractivity contribution >= 4 is 5.97 Å². The van der Waals surface area contributed by atoms with Gasteiger partial charge in [-0.1, -0.05) is 6.58 Å². The SMILES string of the molecule is C=C(C)C(=O)OC(COCC(F)(F)C(F)(F)C(F)(F)C(F)(F)C(F)(F)F)CC(F)(F)C(F)(F)C(F)(F)C(F)(F)F. The highest BCUT2D eigenvalue weighted by molar-refractivity contribution is 5.87. The van der Waals surface area contributed by atoms with E-state index in [-0.39, 0.29) is 0 Å². The third-order valence-corrected chi connectivity index (χ3v) is 4.51. The number of esters is 1. The number of carbonyl (C=O) groups is 1. The number of rotatable bonds is 13. The van der Waals surface area contributed by atoms with Gasteiger partial charge in [0, 0.05) is 5.57 Å². The molecular weight excluding hydrogens is 632 g/mol. The minimum atomic E-state index is -7.94. The van der Waals surface area contributed by atoms with Crippen molar-refractivity contribution in [3.8, 4) is 0 Å². The van der Waals surface area contributed by atoms with E-state index in [1.807, 2.05) is 0 Å². The fraction of sp³-hybridized carbons (Fsp3) is 0.824. The van der Waals surface area contributed by atoms with Crippen LogP contribution in [0.3, 0.4) is 0 Å². The van der Waals surface area contributed by atoms with Crippen LogP contribution in [0.15, 0.2) is 12.2 Å². The molecule has 0 aliphatic heterocycles. The van der Waals surface area contributed by atoms with Gasteiger partial charge in [-0.25, -0.2) is 4.79 Å². The normalized spacial score (nSPS) is 16.1. The first kappa shape index (κ1) is 37.8. The molecule has 0 aliphatic carbocycles. The lowest BCUT2D eigenvalue weighted by Crippen LogP contribution is -2.67. The van der Waals surface area contributed by atoms with Crippen molar-refractivity contribution in [2.75, 3.05) is 13.2 Å². The Morgan fingerprint density at radius 2 is 0.950 bits per heavy atom. The molecule has 23 heteroatoms. The average molecular weight is 644 g/mol. The number of alkyl halides is 20. The molecule has 0 radical (unpaired) electrons. The van der Waals surface area contributed by atoms with Crippen LogP contribution in [0.25, 0.3) is 0 Å². The molecular formula is C17H12F20O3. The van der Waals surface area contributed by atoms with Gasteiger partial charge in [0.05, 0.1) is 13.0 Å². The van der Waals surface area contributed by atoms with Crippen molar-refractivity contribution in [1.29, 1.82) is 0 Å². The van der Waals surface area contributed by atoms with Gasteiger partial charge in [-0.05, 0) is 6.92 Å². The number of carbonyl (C=O) groups excluding carboxylic acids is 1. The molecule has 1 unspecified atom stereocenters. The Morgan fingerprint density at radius 1 is 0.600 bits per heavy atom. The zero-order valence-corrected chi connectivity index (χ0v) is 18.7. The van der Waals surface area contributed by atoms with E-state index in [1.54, 1.807) is 0 Å². The van der Waals surface area contributed by atoms with E-state index in [9.17, 15) is 92.6 Å². The predicted octanol–water partition coefficient (Wildman–Crippen LogP) is 7.45. The van der Waals surface area contributed by atoms with Gasteiger partial charge in [0.2, 0.25) is 0 Å². The summed E-state index contributed by atoms with van der Waals surface area (Å²) in [4.78, 5) is 11.4. The van der Waals surface area contributed by atoms with E-state index in [0.29, 0.717) is 6.92 Å². The van der Waals surface area contributed by atoms with E-state index < -0.39 is 91.1 Å². The highest BCUT2D eigenvalue weighted by atomic mass is 19.4. The first-order valence-electron chi connectivity index (χ1n) is 9.38. The second-order valence-electron chi connectivity index (χ2n) is 7.80. The molecule has 0 bridgehead atoms. The van der Waals surface area contributed by atoms with E-state index in [4.69, 9.17) is 0 Å². The zero-order chi connectivity index (χ0) is 32.8. The number of ether oxygens (including phenoxy) is 2. The smallest absolute Gasteiger partial charge is 0.456 e. The Morgan fingerprint density at radius 3 is 1.30 bits per heavy atom. The summed E-state index contributed by atoms with van der Waals surface area (Å²) in [7, 11) is 0. The summed E-state index contributed by atoms with van der Waals surface area (Å²) in [6.45, 7) is -2.47. The molecule has 40 heavy (non-hydrogen) atoms. The van der Waals surface area contributed by atoms with Crippen molar-refractivity contribution < 1.29 is 102 Å². The van der Waals surface area contributed by atoms with Crippen LogP contribution in [0.4, 0.5) is 87.8 Å². The molecule has 0 rings (SSSR count). The van der Waals surface area contributed by atoms with Gasteiger partial charge >= 0.3 is 59.8 Å². The molecule has 0 fully saturated rings. The lowest BCUT2D eigenvalue weighted by atomic mass is 9.98. The Hall–Kier alpha value is -2.23. The minimum absolute atomic E-state index is 0.641. The average Bonchev–Trinajstić information content (AvgIpc) is 2.70. The van der Waals surface area contributed by atoms with Crippen LogP contribution >= 0.6 is 0 Å². The first-order chi connectivity index (χ1) is 17.2. The Labute approximate surface area is 208 Å². The molecule has 0 saturated heterocycles. The molecule has 3 nitrogen and oxygen atoms in total. The van der Waals surface area contributed by atoms with Crippen LogP contribution < -0.4 is 0 Å². The summed E-state index contributed by atoms with van der Waals surface area (Å²) in [5.41, 5.74) is -0.897. The van der Waals surface area contributed by atoms with Crippen LogP contribution in [0.1, 0.15) is 13.3 Å². The first-order valence-corrected chi connectivity index (χ1v) is 9.38. The largest absolute Gasteiger partial charge is 0.460 e. The maximum atomic E-state index is 13.8. The van der Waals surface area contributed by atoms with Gasteiger partial charge in [0.1, 0.15) is 12.7 Å². The van der Waals surface area contributed by atoms with Gasteiger partial charge in [-0.15, -0.1) is 0 Å². The Balaban J connectivity index is 6.14. The summed E-state index contributed by atoms with van der Waals surface area (Å²) in [6, 6.07) is 0. The van der Waals surface area contributed by atoms with Crippen molar-refractivity contribution in [3.05, 3.63) is 12.2 Å². The lowest BCUT2D eigenvalue weighted by molar-refractivity contribution is -0.424. The molecule has 1 atom stereocenters. The molecule has 0 spiro atoms. The summed E-state index contributed by atoms with van der Waals surface area (Å²) < 4.78 is 267. The maximum Gasteiger partial charge on any atom is 0.460 e. The molecule has 0 N–H and O–H groups in total. The molecule has 0 saturated carbocycles. The van der Waals surface area contributed by atoms with E-state index in [2.05, 4.69) is 16.1 Å². The monoisotopic (exact) mass is 644 g/mol. The van der Waals surface area contributed by atoms with Crippen LogP contribution in [-0.2, 0) is 14.3 Å². The third kappa shape index (κ3) is 6.63. The maximum absolute atomic E-state index is 13.8. The van der Waals surface area contributed by atoms with Crippen LogP contribution in [0, 0.1) is 0 Å². The Kier molecular flexibility index (Phi) is 10.3. The zero-order valence-electron chi connectivity index (χ0n) is 18.7. The lowest BCUT2D eigenvalue weighted by Gasteiger charge is -2.37. The van der Waals surface area contributed by atoms with Crippen LogP contribution in [0.2, 0.25) is 0 Å². The summed E-state index contributed by atoms with van der Waals surface area (Å²) >= 11 is 0. The molecule has 0 aromatic carbocycles. The van der Waals surface area contributed by atoms with Crippen molar-refractivity contribution in [2.24, 2.45) is 0 Å².